The average Bonchev–Trinajstić information content (AvgIpc) is 2.72. The second-order valence-electron chi connectivity index (χ2n) is 7.51. The lowest BCUT2D eigenvalue weighted by atomic mass is 9.89. The summed E-state index contributed by atoms with van der Waals surface area (Å²) in [4.78, 5) is 26.3. The first-order valence-electron chi connectivity index (χ1n) is 10.1. The molecule has 0 aromatic heterocycles. The zero-order valence-corrected chi connectivity index (χ0v) is 16.8. The number of hydrogen-bond acceptors (Lipinski definition) is 4. The standard InChI is InChI=1S/C23H29N3O3/c1-17(27)26(22-13-6-5-12-21(22)24)15-18-8-7-9-19(14-18)25-23(28)16-29-20-10-3-2-4-11-20/h2-4,7-11,14,21-22H,5-6,12-13,15-16,24H2,1H3,(H,25,28). The predicted octanol–water partition coefficient (Wildman–Crippen LogP) is 3.32. The summed E-state index contributed by atoms with van der Waals surface area (Å²) in [6, 6.07) is 16.9. The quantitative estimate of drug-likeness (QED) is 0.753. The number of carbonyl (C=O) groups excluding carboxylic acids is 2. The molecule has 1 aliphatic rings. The number of benzene rings is 2. The minimum Gasteiger partial charge on any atom is -0.484 e. The van der Waals surface area contributed by atoms with Gasteiger partial charge in [0, 0.05) is 31.2 Å². The topological polar surface area (TPSA) is 84.7 Å². The van der Waals surface area contributed by atoms with Gasteiger partial charge in [0.2, 0.25) is 5.91 Å². The molecule has 0 spiro atoms. The van der Waals surface area contributed by atoms with Gasteiger partial charge >= 0.3 is 0 Å². The van der Waals surface area contributed by atoms with Crippen LogP contribution in [0.4, 0.5) is 5.69 Å². The summed E-state index contributed by atoms with van der Waals surface area (Å²) in [5, 5.41) is 2.85. The number of para-hydroxylation sites is 1. The lowest BCUT2D eigenvalue weighted by Gasteiger charge is -2.38. The van der Waals surface area contributed by atoms with Crippen molar-refractivity contribution >= 4 is 17.5 Å². The van der Waals surface area contributed by atoms with E-state index in [1.807, 2.05) is 47.4 Å². The molecule has 2 atom stereocenters. The van der Waals surface area contributed by atoms with Gasteiger partial charge in [-0.3, -0.25) is 9.59 Å². The Morgan fingerprint density at radius 3 is 2.59 bits per heavy atom. The molecule has 0 bridgehead atoms. The summed E-state index contributed by atoms with van der Waals surface area (Å²) >= 11 is 0. The van der Waals surface area contributed by atoms with Crippen molar-refractivity contribution in [2.24, 2.45) is 5.73 Å². The van der Waals surface area contributed by atoms with E-state index in [-0.39, 0.29) is 30.5 Å². The van der Waals surface area contributed by atoms with Crippen LogP contribution < -0.4 is 15.8 Å². The van der Waals surface area contributed by atoms with E-state index in [9.17, 15) is 9.59 Å². The van der Waals surface area contributed by atoms with Crippen LogP contribution in [0.25, 0.3) is 0 Å². The predicted molar refractivity (Wildman–Crippen MR) is 113 cm³/mol. The molecule has 6 nitrogen and oxygen atoms in total. The van der Waals surface area contributed by atoms with Gasteiger partial charge in [0.05, 0.1) is 0 Å². The smallest absolute Gasteiger partial charge is 0.262 e. The third kappa shape index (κ3) is 6.06. The Kier molecular flexibility index (Phi) is 7.25. The van der Waals surface area contributed by atoms with Crippen molar-refractivity contribution in [1.29, 1.82) is 0 Å². The van der Waals surface area contributed by atoms with Crippen molar-refractivity contribution in [3.8, 4) is 5.75 Å². The van der Waals surface area contributed by atoms with E-state index in [0.29, 0.717) is 18.0 Å². The van der Waals surface area contributed by atoms with Gasteiger partial charge in [-0.25, -0.2) is 0 Å². The van der Waals surface area contributed by atoms with Crippen molar-refractivity contribution in [2.45, 2.75) is 51.2 Å². The first-order chi connectivity index (χ1) is 14.0. The molecule has 154 valence electrons. The summed E-state index contributed by atoms with van der Waals surface area (Å²) in [6.07, 6.45) is 4.11. The van der Waals surface area contributed by atoms with Gasteiger partial charge < -0.3 is 20.7 Å². The molecule has 1 aliphatic carbocycles. The van der Waals surface area contributed by atoms with Gasteiger partial charge in [0.25, 0.3) is 5.91 Å². The maximum atomic E-state index is 12.3. The first-order valence-corrected chi connectivity index (χ1v) is 10.1. The van der Waals surface area contributed by atoms with E-state index in [4.69, 9.17) is 10.5 Å². The van der Waals surface area contributed by atoms with Crippen molar-refractivity contribution < 1.29 is 14.3 Å². The Labute approximate surface area is 172 Å². The third-order valence-corrected chi connectivity index (χ3v) is 5.26. The van der Waals surface area contributed by atoms with Gasteiger partial charge in [-0.05, 0) is 42.7 Å². The monoisotopic (exact) mass is 395 g/mol. The molecule has 0 heterocycles. The molecule has 0 aliphatic heterocycles. The number of nitrogens with zero attached hydrogens (tertiary/aromatic N) is 1. The Bertz CT molecular complexity index is 825. The normalized spacial score (nSPS) is 18.7. The van der Waals surface area contributed by atoms with Crippen molar-refractivity contribution in [3.63, 3.8) is 0 Å². The first kappa shape index (κ1) is 20.9. The van der Waals surface area contributed by atoms with Crippen LogP contribution in [0.5, 0.6) is 5.75 Å². The lowest BCUT2D eigenvalue weighted by Crippen LogP contribution is -2.50. The van der Waals surface area contributed by atoms with E-state index in [2.05, 4.69) is 5.32 Å². The zero-order chi connectivity index (χ0) is 20.6. The molecule has 0 radical (unpaired) electrons. The molecular weight excluding hydrogens is 366 g/mol. The average molecular weight is 396 g/mol. The molecule has 1 fully saturated rings. The zero-order valence-electron chi connectivity index (χ0n) is 16.8. The highest BCUT2D eigenvalue weighted by molar-refractivity contribution is 5.91. The number of carbonyl (C=O) groups is 2. The maximum Gasteiger partial charge on any atom is 0.262 e. The van der Waals surface area contributed by atoms with Gasteiger partial charge in [-0.2, -0.15) is 0 Å². The fourth-order valence-corrected chi connectivity index (χ4v) is 3.80. The lowest BCUT2D eigenvalue weighted by molar-refractivity contribution is -0.133. The van der Waals surface area contributed by atoms with Gasteiger partial charge in [0.1, 0.15) is 5.75 Å². The molecule has 3 N–H and O–H groups in total. The second kappa shape index (κ2) is 10.1. The minimum atomic E-state index is -0.233. The summed E-state index contributed by atoms with van der Waals surface area (Å²) in [5.41, 5.74) is 7.92. The molecule has 2 aromatic rings. The van der Waals surface area contributed by atoms with Crippen LogP contribution in [0, 0.1) is 0 Å². The molecule has 3 rings (SSSR count). The number of rotatable bonds is 7. The molecule has 2 unspecified atom stereocenters. The van der Waals surface area contributed by atoms with Crippen LogP contribution in [0.15, 0.2) is 54.6 Å². The molecule has 1 saturated carbocycles. The van der Waals surface area contributed by atoms with Crippen LogP contribution in [0.2, 0.25) is 0 Å². The van der Waals surface area contributed by atoms with E-state index < -0.39 is 0 Å². The van der Waals surface area contributed by atoms with Gasteiger partial charge in [-0.15, -0.1) is 0 Å². The highest BCUT2D eigenvalue weighted by Gasteiger charge is 2.29. The van der Waals surface area contributed by atoms with E-state index >= 15 is 0 Å². The Hall–Kier alpha value is -2.86. The summed E-state index contributed by atoms with van der Waals surface area (Å²) in [5.74, 6) is 0.444. The van der Waals surface area contributed by atoms with Crippen molar-refractivity contribution in [3.05, 3.63) is 60.2 Å². The van der Waals surface area contributed by atoms with Crippen molar-refractivity contribution in [1.82, 2.24) is 4.90 Å². The summed E-state index contributed by atoms with van der Waals surface area (Å²) < 4.78 is 5.48. The number of ether oxygens (including phenoxy) is 1. The second-order valence-corrected chi connectivity index (χ2v) is 7.51. The van der Waals surface area contributed by atoms with Crippen LogP contribution in [0.3, 0.4) is 0 Å². The van der Waals surface area contributed by atoms with E-state index in [1.54, 1.807) is 19.1 Å². The number of hydrogen-bond donors (Lipinski definition) is 2. The van der Waals surface area contributed by atoms with E-state index in [0.717, 1.165) is 31.2 Å². The van der Waals surface area contributed by atoms with Crippen LogP contribution in [0.1, 0.15) is 38.2 Å². The molecular formula is C23H29N3O3. The SMILES string of the molecule is CC(=O)N(Cc1cccc(NC(=O)COc2ccccc2)c1)C1CCCCC1N. The fraction of sp³-hybridized carbons (Fsp3) is 0.391. The molecule has 2 aromatic carbocycles. The third-order valence-electron chi connectivity index (χ3n) is 5.26. The Balaban J connectivity index is 1.60. The van der Waals surface area contributed by atoms with Crippen molar-refractivity contribution in [2.75, 3.05) is 11.9 Å². The number of nitrogens with one attached hydrogen (secondary N) is 1. The maximum absolute atomic E-state index is 12.3. The Morgan fingerprint density at radius 1 is 1.10 bits per heavy atom. The largest absolute Gasteiger partial charge is 0.484 e. The van der Waals surface area contributed by atoms with Gasteiger partial charge in [0.15, 0.2) is 6.61 Å². The Morgan fingerprint density at radius 2 is 1.86 bits per heavy atom. The molecule has 29 heavy (non-hydrogen) atoms. The number of anilines is 1. The van der Waals surface area contributed by atoms with E-state index in [1.165, 1.54) is 0 Å². The molecule has 6 heteroatoms. The number of nitrogens with two attached hydrogens (primary N) is 1. The molecule has 0 saturated heterocycles. The highest BCUT2D eigenvalue weighted by atomic mass is 16.5. The summed E-state index contributed by atoms with van der Waals surface area (Å²) in [7, 11) is 0. The fourth-order valence-electron chi connectivity index (χ4n) is 3.80. The highest BCUT2D eigenvalue weighted by Crippen LogP contribution is 2.24. The van der Waals surface area contributed by atoms with Crippen LogP contribution in [-0.4, -0.2) is 35.4 Å². The molecule has 2 amide bonds. The summed E-state index contributed by atoms with van der Waals surface area (Å²) in [6.45, 7) is 2.01. The van der Waals surface area contributed by atoms with Crippen LogP contribution >= 0.6 is 0 Å². The minimum absolute atomic E-state index is 0.0191. The number of amides is 2. The van der Waals surface area contributed by atoms with Gasteiger partial charge in [-0.1, -0.05) is 43.2 Å². The van der Waals surface area contributed by atoms with Crippen LogP contribution in [-0.2, 0) is 16.1 Å².